The van der Waals surface area contributed by atoms with Gasteiger partial charge in [0, 0.05) is 12.1 Å². The maximum Gasteiger partial charge on any atom is 0.251 e. The molecule has 2 aromatic carbocycles. The molecule has 0 atom stereocenters. The molecule has 0 saturated carbocycles. The smallest absolute Gasteiger partial charge is 0.251 e. The number of ether oxygens (including phenoxy) is 1. The molecule has 5 heteroatoms. The van der Waals surface area contributed by atoms with Crippen molar-refractivity contribution in [3.63, 3.8) is 0 Å². The molecule has 3 nitrogen and oxygen atoms in total. The third-order valence-electron chi connectivity index (χ3n) is 3.02. The minimum atomic E-state index is -0.170. The normalized spacial score (nSPS) is 10.2. The van der Waals surface area contributed by atoms with E-state index in [0.29, 0.717) is 22.2 Å². The summed E-state index contributed by atoms with van der Waals surface area (Å²) < 4.78 is 5.16. The first-order valence-corrected chi connectivity index (χ1v) is 7.22. The van der Waals surface area contributed by atoms with Gasteiger partial charge in [-0.2, -0.15) is 0 Å². The number of amides is 1. The van der Waals surface area contributed by atoms with E-state index in [1.807, 2.05) is 24.3 Å². The van der Waals surface area contributed by atoms with E-state index >= 15 is 0 Å². The number of methoxy groups -OCH3 is 1. The van der Waals surface area contributed by atoms with Crippen LogP contribution in [-0.4, -0.2) is 19.6 Å². The first-order chi connectivity index (χ1) is 10.1. The zero-order chi connectivity index (χ0) is 15.2. The van der Waals surface area contributed by atoms with Crippen molar-refractivity contribution >= 4 is 29.1 Å². The lowest BCUT2D eigenvalue weighted by Crippen LogP contribution is -2.25. The molecular formula is C16H15Cl2NO2. The van der Waals surface area contributed by atoms with Crippen molar-refractivity contribution in [2.75, 3.05) is 13.7 Å². The molecule has 2 rings (SSSR count). The second kappa shape index (κ2) is 7.34. The van der Waals surface area contributed by atoms with Crippen molar-refractivity contribution in [2.24, 2.45) is 0 Å². The Morgan fingerprint density at radius 1 is 1.14 bits per heavy atom. The van der Waals surface area contributed by atoms with E-state index in [1.54, 1.807) is 25.3 Å². The van der Waals surface area contributed by atoms with Crippen molar-refractivity contribution < 1.29 is 9.53 Å². The second-order valence-corrected chi connectivity index (χ2v) is 5.30. The van der Waals surface area contributed by atoms with E-state index in [0.717, 1.165) is 17.7 Å². The van der Waals surface area contributed by atoms with Gasteiger partial charge in [-0.3, -0.25) is 4.79 Å². The number of nitrogens with one attached hydrogen (secondary N) is 1. The Labute approximate surface area is 133 Å². The summed E-state index contributed by atoms with van der Waals surface area (Å²) in [6.07, 6.45) is 0.726. The summed E-state index contributed by atoms with van der Waals surface area (Å²) in [5.41, 5.74) is 1.60. The van der Waals surface area contributed by atoms with Crippen LogP contribution in [0.3, 0.4) is 0 Å². The fraction of sp³-hybridized carbons (Fsp3) is 0.188. The highest BCUT2D eigenvalue weighted by molar-refractivity contribution is 6.42. The molecule has 0 spiro atoms. The molecule has 110 valence electrons. The van der Waals surface area contributed by atoms with Gasteiger partial charge in [-0.15, -0.1) is 0 Å². The molecule has 2 aromatic rings. The van der Waals surface area contributed by atoms with Crippen LogP contribution in [0.1, 0.15) is 15.9 Å². The zero-order valence-corrected chi connectivity index (χ0v) is 13.0. The van der Waals surface area contributed by atoms with Gasteiger partial charge in [0.15, 0.2) is 0 Å². The Kier molecular flexibility index (Phi) is 5.48. The summed E-state index contributed by atoms with van der Waals surface area (Å²) in [6.45, 7) is 0.534. The third kappa shape index (κ3) is 4.38. The number of hydrogen-bond acceptors (Lipinski definition) is 2. The van der Waals surface area contributed by atoms with Crippen molar-refractivity contribution in [1.82, 2.24) is 5.32 Å². The zero-order valence-electron chi connectivity index (χ0n) is 11.5. The summed E-state index contributed by atoms with van der Waals surface area (Å²) >= 11 is 11.7. The van der Waals surface area contributed by atoms with Crippen LogP contribution < -0.4 is 10.1 Å². The summed E-state index contributed by atoms with van der Waals surface area (Å²) in [5, 5.41) is 3.66. The van der Waals surface area contributed by atoms with Crippen LogP contribution >= 0.6 is 23.2 Å². The van der Waals surface area contributed by atoms with Crippen LogP contribution in [0.25, 0.3) is 0 Å². The monoisotopic (exact) mass is 323 g/mol. The number of hydrogen-bond donors (Lipinski definition) is 1. The molecule has 1 amide bonds. The Morgan fingerprint density at radius 2 is 1.95 bits per heavy atom. The SMILES string of the molecule is COc1cccc(CCNC(=O)c2ccc(Cl)c(Cl)c2)c1. The highest BCUT2D eigenvalue weighted by Crippen LogP contribution is 2.22. The van der Waals surface area contributed by atoms with Crippen LogP contribution in [0.15, 0.2) is 42.5 Å². The highest BCUT2D eigenvalue weighted by Gasteiger charge is 2.07. The Hall–Kier alpha value is -1.71. The molecule has 0 unspecified atom stereocenters. The van der Waals surface area contributed by atoms with Gasteiger partial charge >= 0.3 is 0 Å². The molecule has 0 radical (unpaired) electrons. The number of benzene rings is 2. The van der Waals surface area contributed by atoms with Gasteiger partial charge in [-0.05, 0) is 42.3 Å². The van der Waals surface area contributed by atoms with E-state index in [1.165, 1.54) is 0 Å². The lowest BCUT2D eigenvalue weighted by molar-refractivity contribution is 0.0954. The van der Waals surface area contributed by atoms with Gasteiger partial charge in [0.05, 0.1) is 17.2 Å². The fourth-order valence-electron chi connectivity index (χ4n) is 1.89. The number of halogens is 2. The standard InChI is InChI=1S/C16H15Cl2NO2/c1-21-13-4-2-3-11(9-13)7-8-19-16(20)12-5-6-14(17)15(18)10-12/h2-6,9-10H,7-8H2,1H3,(H,19,20). The Morgan fingerprint density at radius 3 is 2.67 bits per heavy atom. The van der Waals surface area contributed by atoms with Gasteiger partial charge in [0.25, 0.3) is 5.91 Å². The number of carbonyl (C=O) groups excluding carboxylic acids is 1. The molecule has 0 aliphatic carbocycles. The Balaban J connectivity index is 1.90. The second-order valence-electron chi connectivity index (χ2n) is 4.49. The van der Waals surface area contributed by atoms with Gasteiger partial charge in [-0.25, -0.2) is 0 Å². The van der Waals surface area contributed by atoms with Crippen LogP contribution in [0, 0.1) is 0 Å². The topological polar surface area (TPSA) is 38.3 Å². The van der Waals surface area contributed by atoms with Gasteiger partial charge in [-0.1, -0.05) is 35.3 Å². The van der Waals surface area contributed by atoms with E-state index < -0.39 is 0 Å². The number of carbonyl (C=O) groups is 1. The lowest BCUT2D eigenvalue weighted by atomic mass is 10.1. The quantitative estimate of drug-likeness (QED) is 0.904. The summed E-state index contributed by atoms with van der Waals surface area (Å²) in [5.74, 6) is 0.639. The maximum absolute atomic E-state index is 12.0. The van der Waals surface area contributed by atoms with E-state index in [9.17, 15) is 4.79 Å². The van der Waals surface area contributed by atoms with Crippen LogP contribution in [-0.2, 0) is 6.42 Å². The first kappa shape index (κ1) is 15.7. The molecule has 21 heavy (non-hydrogen) atoms. The minimum Gasteiger partial charge on any atom is -0.497 e. The fourth-order valence-corrected chi connectivity index (χ4v) is 2.19. The van der Waals surface area contributed by atoms with Crippen LogP contribution in [0.4, 0.5) is 0 Å². The molecule has 0 fully saturated rings. The molecule has 0 saturated heterocycles. The van der Waals surface area contributed by atoms with Gasteiger partial charge in [0.2, 0.25) is 0 Å². The van der Waals surface area contributed by atoms with E-state index in [4.69, 9.17) is 27.9 Å². The summed E-state index contributed by atoms with van der Waals surface area (Å²) in [7, 11) is 1.63. The average molecular weight is 324 g/mol. The van der Waals surface area contributed by atoms with E-state index in [-0.39, 0.29) is 5.91 Å². The minimum absolute atomic E-state index is 0.170. The summed E-state index contributed by atoms with van der Waals surface area (Å²) in [4.78, 5) is 12.0. The van der Waals surface area contributed by atoms with Crippen molar-refractivity contribution in [1.29, 1.82) is 0 Å². The molecule has 0 bridgehead atoms. The predicted molar refractivity (Wildman–Crippen MR) is 85.5 cm³/mol. The van der Waals surface area contributed by atoms with Crippen LogP contribution in [0.5, 0.6) is 5.75 Å². The van der Waals surface area contributed by atoms with E-state index in [2.05, 4.69) is 5.32 Å². The summed E-state index contributed by atoms with van der Waals surface area (Å²) in [6, 6.07) is 12.6. The largest absolute Gasteiger partial charge is 0.497 e. The predicted octanol–water partition coefficient (Wildman–Crippen LogP) is 3.97. The van der Waals surface area contributed by atoms with Crippen LogP contribution in [0.2, 0.25) is 10.0 Å². The molecular weight excluding hydrogens is 309 g/mol. The molecule has 0 aliphatic heterocycles. The highest BCUT2D eigenvalue weighted by atomic mass is 35.5. The van der Waals surface area contributed by atoms with Crippen molar-refractivity contribution in [2.45, 2.75) is 6.42 Å². The lowest BCUT2D eigenvalue weighted by Gasteiger charge is -2.07. The maximum atomic E-state index is 12.0. The molecule has 1 N–H and O–H groups in total. The third-order valence-corrected chi connectivity index (χ3v) is 3.75. The van der Waals surface area contributed by atoms with Crippen molar-refractivity contribution in [3.05, 3.63) is 63.6 Å². The Bertz CT molecular complexity index is 644. The van der Waals surface area contributed by atoms with Crippen molar-refractivity contribution in [3.8, 4) is 5.75 Å². The molecule has 0 heterocycles. The van der Waals surface area contributed by atoms with Gasteiger partial charge < -0.3 is 10.1 Å². The van der Waals surface area contributed by atoms with Gasteiger partial charge in [0.1, 0.15) is 5.75 Å². The first-order valence-electron chi connectivity index (χ1n) is 6.46. The number of rotatable bonds is 5. The molecule has 0 aliphatic rings. The molecule has 0 aromatic heterocycles. The average Bonchev–Trinajstić information content (AvgIpc) is 2.50.